The highest BCUT2D eigenvalue weighted by Gasteiger charge is 2.24. The molecule has 0 saturated carbocycles. The van der Waals surface area contributed by atoms with Crippen LogP contribution in [-0.4, -0.2) is 40.6 Å². The van der Waals surface area contributed by atoms with Gasteiger partial charge in [-0.1, -0.05) is 35.5 Å². The third kappa shape index (κ3) is 4.89. The number of likely N-dealkylation sites (tertiary alicyclic amines) is 1. The molecule has 2 aromatic rings. The van der Waals surface area contributed by atoms with Crippen molar-refractivity contribution in [3.05, 3.63) is 47.6 Å². The molecule has 0 spiro atoms. The number of piperidine rings is 1. The number of hydrogen-bond donors (Lipinski definition) is 1. The van der Waals surface area contributed by atoms with Gasteiger partial charge in [-0.05, 0) is 37.9 Å². The highest BCUT2D eigenvalue weighted by Crippen LogP contribution is 2.26. The van der Waals surface area contributed by atoms with Crippen LogP contribution < -0.4 is 5.32 Å². The molecule has 1 saturated heterocycles. The van der Waals surface area contributed by atoms with Crippen LogP contribution >= 0.6 is 0 Å². The van der Waals surface area contributed by atoms with Gasteiger partial charge in [-0.15, -0.1) is 0 Å². The minimum absolute atomic E-state index is 0.0139. The molecule has 6 nitrogen and oxygen atoms in total. The summed E-state index contributed by atoms with van der Waals surface area (Å²) in [6.45, 7) is 6.43. The lowest BCUT2D eigenvalue weighted by molar-refractivity contribution is -0.119. The van der Waals surface area contributed by atoms with Crippen LogP contribution in [-0.2, 0) is 4.79 Å². The molecule has 25 heavy (non-hydrogen) atoms. The molecule has 1 fully saturated rings. The first-order chi connectivity index (χ1) is 12.1. The zero-order chi connectivity index (χ0) is 17.6. The quantitative estimate of drug-likeness (QED) is 0.874. The molecular formula is C19H26N4O2. The Hall–Kier alpha value is -2.21. The summed E-state index contributed by atoms with van der Waals surface area (Å²) in [5.74, 6) is 1.89. The van der Waals surface area contributed by atoms with E-state index in [1.165, 1.54) is 0 Å². The van der Waals surface area contributed by atoms with Crippen LogP contribution in [0.3, 0.4) is 0 Å². The molecule has 1 N–H and O–H groups in total. The summed E-state index contributed by atoms with van der Waals surface area (Å²) in [7, 11) is 0. The Balaban J connectivity index is 1.51. The number of carbonyl (C=O) groups excluding carboxylic acids is 1. The normalized spacial score (nSPS) is 17.4. The van der Waals surface area contributed by atoms with E-state index in [9.17, 15) is 4.79 Å². The fourth-order valence-corrected chi connectivity index (χ4v) is 3.46. The summed E-state index contributed by atoms with van der Waals surface area (Å²) in [6.07, 6.45) is 3.01. The Morgan fingerprint density at radius 2 is 2.04 bits per heavy atom. The lowest BCUT2D eigenvalue weighted by Crippen LogP contribution is -2.36. The van der Waals surface area contributed by atoms with Crippen LogP contribution in [0.5, 0.6) is 0 Å². The molecule has 3 rings (SSSR count). The van der Waals surface area contributed by atoms with Crippen molar-refractivity contribution in [2.24, 2.45) is 0 Å². The smallest absolute Gasteiger partial charge is 0.223 e. The molecule has 6 heteroatoms. The molecule has 1 atom stereocenters. The van der Waals surface area contributed by atoms with Crippen molar-refractivity contribution in [1.82, 2.24) is 20.4 Å². The number of rotatable bonds is 6. The molecule has 1 unspecified atom stereocenters. The van der Waals surface area contributed by atoms with Crippen molar-refractivity contribution in [2.75, 3.05) is 19.6 Å². The van der Waals surface area contributed by atoms with Gasteiger partial charge in [-0.3, -0.25) is 4.79 Å². The van der Waals surface area contributed by atoms with E-state index in [1.807, 2.05) is 25.1 Å². The van der Waals surface area contributed by atoms with E-state index in [4.69, 9.17) is 4.52 Å². The van der Waals surface area contributed by atoms with Gasteiger partial charge in [0.15, 0.2) is 5.82 Å². The van der Waals surface area contributed by atoms with Crippen molar-refractivity contribution in [1.29, 1.82) is 0 Å². The summed E-state index contributed by atoms with van der Waals surface area (Å²) in [5, 5.41) is 7.13. The van der Waals surface area contributed by atoms with E-state index >= 15 is 0 Å². The molecular weight excluding hydrogens is 316 g/mol. The minimum atomic E-state index is 0.0139. The van der Waals surface area contributed by atoms with Gasteiger partial charge in [0, 0.05) is 26.3 Å². The third-order valence-corrected chi connectivity index (χ3v) is 4.81. The van der Waals surface area contributed by atoms with Gasteiger partial charge < -0.3 is 14.7 Å². The number of aryl methyl sites for hydroxylation is 1. The number of nitrogens with one attached hydrogen (secondary N) is 1. The molecule has 1 amide bonds. The number of hydrogen-bond acceptors (Lipinski definition) is 5. The zero-order valence-electron chi connectivity index (χ0n) is 14.9. The first-order valence-corrected chi connectivity index (χ1v) is 8.96. The highest BCUT2D eigenvalue weighted by molar-refractivity contribution is 5.73. The average Bonchev–Trinajstić information content (AvgIpc) is 3.06. The van der Waals surface area contributed by atoms with Crippen LogP contribution in [0.25, 0.3) is 0 Å². The van der Waals surface area contributed by atoms with Crippen LogP contribution in [0.4, 0.5) is 0 Å². The van der Waals surface area contributed by atoms with E-state index in [0.29, 0.717) is 11.8 Å². The Bertz CT molecular complexity index is 678. The van der Waals surface area contributed by atoms with Gasteiger partial charge in [0.2, 0.25) is 11.8 Å². The lowest BCUT2D eigenvalue weighted by Gasteiger charge is -2.31. The number of nitrogens with zero attached hydrogens (tertiary/aromatic N) is 3. The molecule has 2 heterocycles. The SMILES string of the molecule is CC(=O)NC(CCN1CCC(c2noc(C)n2)CC1)c1ccccc1. The second kappa shape index (κ2) is 8.25. The second-order valence-electron chi connectivity index (χ2n) is 6.74. The molecule has 0 bridgehead atoms. The summed E-state index contributed by atoms with van der Waals surface area (Å²) >= 11 is 0. The Labute approximate surface area is 148 Å². The minimum Gasteiger partial charge on any atom is -0.349 e. The summed E-state index contributed by atoms with van der Waals surface area (Å²) in [4.78, 5) is 18.4. The molecule has 0 aliphatic carbocycles. The maximum absolute atomic E-state index is 11.5. The first-order valence-electron chi connectivity index (χ1n) is 8.96. The largest absolute Gasteiger partial charge is 0.349 e. The maximum Gasteiger partial charge on any atom is 0.223 e. The van der Waals surface area contributed by atoms with Gasteiger partial charge in [0.25, 0.3) is 0 Å². The van der Waals surface area contributed by atoms with Crippen LogP contribution in [0.2, 0.25) is 0 Å². The number of benzene rings is 1. The third-order valence-electron chi connectivity index (χ3n) is 4.81. The number of amides is 1. The average molecular weight is 342 g/mol. The first kappa shape index (κ1) is 17.6. The molecule has 0 radical (unpaired) electrons. The fourth-order valence-electron chi connectivity index (χ4n) is 3.46. The summed E-state index contributed by atoms with van der Waals surface area (Å²) in [5.41, 5.74) is 1.16. The van der Waals surface area contributed by atoms with E-state index < -0.39 is 0 Å². The van der Waals surface area contributed by atoms with Gasteiger partial charge in [-0.25, -0.2) is 0 Å². The molecule has 1 aromatic carbocycles. The van der Waals surface area contributed by atoms with Crippen LogP contribution in [0.15, 0.2) is 34.9 Å². The van der Waals surface area contributed by atoms with E-state index in [1.54, 1.807) is 6.92 Å². The van der Waals surface area contributed by atoms with Crippen molar-refractivity contribution in [3.63, 3.8) is 0 Å². The topological polar surface area (TPSA) is 71.3 Å². The fraction of sp³-hybridized carbons (Fsp3) is 0.526. The lowest BCUT2D eigenvalue weighted by atomic mass is 9.95. The standard InChI is InChI=1S/C19H26N4O2/c1-14(24)20-18(16-6-4-3-5-7-16)10-13-23-11-8-17(9-12-23)19-21-15(2)25-22-19/h3-7,17-18H,8-13H2,1-2H3,(H,20,24). The van der Waals surface area contributed by atoms with Gasteiger partial charge in [-0.2, -0.15) is 4.98 Å². The summed E-state index contributed by atoms with van der Waals surface area (Å²) < 4.78 is 5.09. The predicted octanol–water partition coefficient (Wildman–Crippen LogP) is 2.82. The van der Waals surface area contributed by atoms with E-state index in [0.717, 1.165) is 50.3 Å². The van der Waals surface area contributed by atoms with E-state index in [-0.39, 0.29) is 11.9 Å². The maximum atomic E-state index is 11.5. The van der Waals surface area contributed by atoms with Crippen molar-refractivity contribution >= 4 is 5.91 Å². The Morgan fingerprint density at radius 3 is 2.64 bits per heavy atom. The molecule has 1 aliphatic heterocycles. The Morgan fingerprint density at radius 1 is 1.32 bits per heavy atom. The van der Waals surface area contributed by atoms with E-state index in [2.05, 4.69) is 32.5 Å². The zero-order valence-corrected chi connectivity index (χ0v) is 14.9. The number of carbonyl (C=O) groups is 1. The molecule has 134 valence electrons. The summed E-state index contributed by atoms with van der Waals surface area (Å²) in [6, 6.07) is 10.2. The monoisotopic (exact) mass is 342 g/mol. The van der Waals surface area contributed by atoms with Gasteiger partial charge >= 0.3 is 0 Å². The Kier molecular flexibility index (Phi) is 5.81. The molecule has 1 aromatic heterocycles. The predicted molar refractivity (Wildman–Crippen MR) is 95.1 cm³/mol. The molecule has 1 aliphatic rings. The van der Waals surface area contributed by atoms with Crippen molar-refractivity contribution in [3.8, 4) is 0 Å². The highest BCUT2D eigenvalue weighted by atomic mass is 16.5. The van der Waals surface area contributed by atoms with Crippen molar-refractivity contribution in [2.45, 2.75) is 45.1 Å². The van der Waals surface area contributed by atoms with Crippen LogP contribution in [0.1, 0.15) is 55.4 Å². The number of aromatic nitrogens is 2. The second-order valence-corrected chi connectivity index (χ2v) is 6.74. The van der Waals surface area contributed by atoms with Gasteiger partial charge in [0.05, 0.1) is 6.04 Å². The van der Waals surface area contributed by atoms with Crippen molar-refractivity contribution < 1.29 is 9.32 Å². The van der Waals surface area contributed by atoms with Crippen LogP contribution in [0, 0.1) is 6.92 Å². The van der Waals surface area contributed by atoms with Gasteiger partial charge in [0.1, 0.15) is 0 Å².